The largest absolute Gasteiger partial charge is 0.488 e. The van der Waals surface area contributed by atoms with E-state index in [1.807, 2.05) is 6.07 Å². The minimum absolute atomic E-state index is 0.211. The number of hydrogen-bond donors (Lipinski definition) is 1. The summed E-state index contributed by atoms with van der Waals surface area (Å²) in [5.74, 6) is 0.861. The van der Waals surface area contributed by atoms with Gasteiger partial charge in [-0.1, -0.05) is 48.9 Å². The normalized spacial score (nSPS) is 11.0. The highest BCUT2D eigenvalue weighted by Gasteiger charge is 2.16. The number of hydrogen-bond acceptors (Lipinski definition) is 4. The molecule has 5 heteroatoms. The zero-order chi connectivity index (χ0) is 20.1. The van der Waals surface area contributed by atoms with Crippen LogP contribution in [0.3, 0.4) is 0 Å². The van der Waals surface area contributed by atoms with Crippen molar-refractivity contribution in [2.75, 3.05) is 6.61 Å². The van der Waals surface area contributed by atoms with Crippen molar-refractivity contribution in [1.82, 2.24) is 4.37 Å². The molecule has 1 aromatic heterocycles. The molecule has 0 saturated heterocycles. The maximum absolute atomic E-state index is 9.07. The van der Waals surface area contributed by atoms with Crippen molar-refractivity contribution in [2.24, 2.45) is 0 Å². The molecule has 28 heavy (non-hydrogen) atoms. The van der Waals surface area contributed by atoms with Gasteiger partial charge in [0.15, 0.2) is 0 Å². The van der Waals surface area contributed by atoms with Crippen LogP contribution in [0.4, 0.5) is 0 Å². The van der Waals surface area contributed by atoms with Crippen molar-refractivity contribution < 1.29 is 9.84 Å². The zero-order valence-electron chi connectivity index (χ0n) is 16.6. The number of halogens is 1. The number of nitrogens with zero attached hydrogens (tertiary/aromatic N) is 1. The second-order valence-corrected chi connectivity index (χ2v) is 8.05. The zero-order valence-corrected chi connectivity index (χ0v) is 18.2. The van der Waals surface area contributed by atoms with Crippen LogP contribution in [-0.4, -0.2) is 16.1 Å². The van der Waals surface area contributed by atoms with Crippen LogP contribution in [-0.2, 0) is 19.4 Å². The molecule has 0 bridgehead atoms. The molecular weight excluding hydrogens is 390 g/mol. The van der Waals surface area contributed by atoms with Gasteiger partial charge in [-0.3, -0.25) is 0 Å². The van der Waals surface area contributed by atoms with Gasteiger partial charge in [0, 0.05) is 12.2 Å². The van der Waals surface area contributed by atoms with Crippen LogP contribution in [0, 0.1) is 13.8 Å². The fourth-order valence-electron chi connectivity index (χ4n) is 3.23. The third-order valence-corrected chi connectivity index (χ3v) is 6.54. The average Bonchev–Trinajstić information content (AvgIpc) is 3.09. The Hall–Kier alpha value is -1.88. The summed E-state index contributed by atoms with van der Waals surface area (Å²) in [6.45, 7) is 6.93. The highest BCUT2D eigenvalue weighted by molar-refractivity contribution is 7.10. The minimum atomic E-state index is 0.211. The number of rotatable bonds is 8. The van der Waals surface area contributed by atoms with Gasteiger partial charge in [0.1, 0.15) is 17.5 Å². The first-order chi connectivity index (χ1) is 13.5. The quantitative estimate of drug-likeness (QED) is 0.480. The fourth-order valence-corrected chi connectivity index (χ4v) is 4.33. The molecular formula is C23H26ClNO2S. The fraction of sp³-hybridized carbons (Fsp3) is 0.348. The van der Waals surface area contributed by atoms with E-state index in [-0.39, 0.29) is 6.61 Å². The maximum Gasteiger partial charge on any atom is 0.150 e. The summed E-state index contributed by atoms with van der Waals surface area (Å²) in [6, 6.07) is 12.6. The molecule has 0 fully saturated rings. The molecule has 3 aromatic rings. The summed E-state index contributed by atoms with van der Waals surface area (Å²) in [6.07, 6.45) is 2.67. The minimum Gasteiger partial charge on any atom is -0.488 e. The predicted molar refractivity (Wildman–Crippen MR) is 118 cm³/mol. The molecule has 1 heterocycles. The summed E-state index contributed by atoms with van der Waals surface area (Å²) in [5, 5.41) is 9.57. The van der Waals surface area contributed by atoms with Gasteiger partial charge in [-0.05, 0) is 78.5 Å². The van der Waals surface area contributed by atoms with Crippen LogP contribution < -0.4 is 4.74 Å². The number of aliphatic hydroxyl groups excluding tert-OH is 1. The van der Waals surface area contributed by atoms with Crippen LogP contribution >= 0.6 is 23.1 Å². The van der Waals surface area contributed by atoms with E-state index in [2.05, 4.69) is 55.5 Å². The Morgan fingerprint density at radius 1 is 1.07 bits per heavy atom. The molecule has 0 saturated carbocycles. The second kappa shape index (κ2) is 9.55. The lowest BCUT2D eigenvalue weighted by atomic mass is 9.99. The van der Waals surface area contributed by atoms with Crippen LogP contribution in [0.2, 0.25) is 5.15 Å². The van der Waals surface area contributed by atoms with E-state index in [0.29, 0.717) is 11.8 Å². The molecule has 0 spiro atoms. The topological polar surface area (TPSA) is 42.4 Å². The monoisotopic (exact) mass is 415 g/mol. The summed E-state index contributed by atoms with van der Waals surface area (Å²) < 4.78 is 10.5. The Labute approximate surface area is 176 Å². The summed E-state index contributed by atoms with van der Waals surface area (Å²) >= 11 is 7.78. The highest BCUT2D eigenvalue weighted by atomic mass is 35.5. The third kappa shape index (κ3) is 4.57. The van der Waals surface area contributed by atoms with Gasteiger partial charge in [-0.15, -0.1) is 0 Å². The van der Waals surface area contributed by atoms with Crippen molar-refractivity contribution in [1.29, 1.82) is 0 Å². The first-order valence-electron chi connectivity index (χ1n) is 9.61. The molecule has 148 valence electrons. The van der Waals surface area contributed by atoms with E-state index in [1.165, 1.54) is 28.2 Å². The molecule has 0 aliphatic carbocycles. The van der Waals surface area contributed by atoms with E-state index in [1.54, 1.807) is 0 Å². The SMILES string of the molecule is CCc1ccc(-c2snc(Cl)c2COc2ccc(CCCO)c(C)c2C)cc1. The predicted octanol–water partition coefficient (Wildman–Crippen LogP) is 6.15. The first-order valence-corrected chi connectivity index (χ1v) is 10.8. The molecule has 3 nitrogen and oxygen atoms in total. The van der Waals surface area contributed by atoms with Crippen molar-refractivity contribution in [2.45, 2.75) is 46.6 Å². The lowest BCUT2D eigenvalue weighted by molar-refractivity contribution is 0.288. The molecule has 0 amide bonds. The Balaban J connectivity index is 1.80. The lowest BCUT2D eigenvalue weighted by Crippen LogP contribution is -2.01. The van der Waals surface area contributed by atoms with Crippen LogP contribution in [0.25, 0.3) is 10.4 Å². The van der Waals surface area contributed by atoms with Gasteiger partial charge in [0.2, 0.25) is 0 Å². The Kier molecular flexibility index (Phi) is 7.11. The molecule has 0 atom stereocenters. The van der Waals surface area contributed by atoms with Crippen molar-refractivity contribution in [3.8, 4) is 16.2 Å². The number of aryl methyl sites for hydroxylation is 2. The molecule has 0 unspecified atom stereocenters. The van der Waals surface area contributed by atoms with Crippen LogP contribution in [0.5, 0.6) is 5.75 Å². The molecule has 1 N–H and O–H groups in total. The number of benzene rings is 2. The van der Waals surface area contributed by atoms with Gasteiger partial charge in [0.05, 0.1) is 4.88 Å². The standard InChI is InChI=1S/C23H26ClNO2S/c1-4-17-7-9-19(10-8-17)22-20(23(24)25-28-22)14-27-21-12-11-18(6-5-13-26)15(2)16(21)3/h7-12,26H,4-6,13-14H2,1-3H3. The molecule has 0 aliphatic rings. The molecule has 0 radical (unpaired) electrons. The molecule has 0 aliphatic heterocycles. The van der Waals surface area contributed by atoms with E-state index >= 15 is 0 Å². The third-order valence-electron chi connectivity index (χ3n) is 5.19. The van der Waals surface area contributed by atoms with Gasteiger partial charge in [0.25, 0.3) is 0 Å². The summed E-state index contributed by atoms with van der Waals surface area (Å²) in [5.41, 5.74) is 6.96. The van der Waals surface area contributed by atoms with Gasteiger partial charge in [-0.25, -0.2) is 0 Å². The smallest absolute Gasteiger partial charge is 0.150 e. The number of aromatic nitrogens is 1. The summed E-state index contributed by atoms with van der Waals surface area (Å²) in [4.78, 5) is 1.06. The van der Waals surface area contributed by atoms with E-state index in [0.717, 1.165) is 46.6 Å². The number of aliphatic hydroxyl groups is 1. The Morgan fingerprint density at radius 3 is 2.50 bits per heavy atom. The first kappa shape index (κ1) is 20.8. The van der Waals surface area contributed by atoms with Crippen LogP contribution in [0.1, 0.15) is 41.2 Å². The lowest BCUT2D eigenvalue weighted by Gasteiger charge is -2.15. The summed E-state index contributed by atoms with van der Waals surface area (Å²) in [7, 11) is 0. The van der Waals surface area contributed by atoms with Gasteiger partial charge >= 0.3 is 0 Å². The second-order valence-electron chi connectivity index (χ2n) is 6.92. The Bertz CT molecular complexity index is 935. The maximum atomic E-state index is 9.07. The molecule has 3 rings (SSSR count). The van der Waals surface area contributed by atoms with Gasteiger partial charge in [-0.2, -0.15) is 4.37 Å². The van der Waals surface area contributed by atoms with Crippen molar-refractivity contribution in [3.63, 3.8) is 0 Å². The highest BCUT2D eigenvalue weighted by Crippen LogP contribution is 2.35. The van der Waals surface area contributed by atoms with Crippen molar-refractivity contribution >= 4 is 23.1 Å². The van der Waals surface area contributed by atoms with Crippen LogP contribution in [0.15, 0.2) is 36.4 Å². The Morgan fingerprint density at radius 2 is 1.82 bits per heavy atom. The molecule has 2 aromatic carbocycles. The van der Waals surface area contributed by atoms with E-state index in [9.17, 15) is 0 Å². The van der Waals surface area contributed by atoms with E-state index in [4.69, 9.17) is 21.4 Å². The number of ether oxygens (including phenoxy) is 1. The van der Waals surface area contributed by atoms with Crippen molar-refractivity contribution in [3.05, 3.63) is 69.4 Å². The average molecular weight is 416 g/mol. The van der Waals surface area contributed by atoms with E-state index < -0.39 is 0 Å². The van der Waals surface area contributed by atoms with Gasteiger partial charge < -0.3 is 9.84 Å².